The van der Waals surface area contributed by atoms with Crippen molar-refractivity contribution in [3.8, 4) is 5.75 Å². The lowest BCUT2D eigenvalue weighted by atomic mass is 9.98. The van der Waals surface area contributed by atoms with Crippen LogP contribution in [0, 0.1) is 0 Å². The van der Waals surface area contributed by atoms with Crippen LogP contribution in [0.15, 0.2) is 59.5 Å². The largest absolute Gasteiger partial charge is 0.497 e. The first kappa shape index (κ1) is 17.0. The second-order valence-electron chi connectivity index (χ2n) is 6.13. The van der Waals surface area contributed by atoms with E-state index >= 15 is 0 Å². The SMILES string of the molecule is COc1ccc(S(=O)(=O)N2CCCCC2Cc2ccccc2)cc1. The lowest BCUT2D eigenvalue weighted by molar-refractivity contribution is 0.251. The summed E-state index contributed by atoms with van der Waals surface area (Å²) in [7, 11) is -1.91. The second kappa shape index (κ2) is 7.36. The average Bonchev–Trinajstić information content (AvgIpc) is 2.63. The number of benzene rings is 2. The third-order valence-corrected chi connectivity index (χ3v) is 6.52. The molecule has 1 unspecified atom stereocenters. The molecule has 1 saturated heterocycles. The van der Waals surface area contributed by atoms with Gasteiger partial charge < -0.3 is 4.74 Å². The molecule has 0 aliphatic carbocycles. The van der Waals surface area contributed by atoms with Crippen molar-refractivity contribution in [3.63, 3.8) is 0 Å². The topological polar surface area (TPSA) is 46.6 Å². The van der Waals surface area contributed by atoms with Gasteiger partial charge in [0.25, 0.3) is 0 Å². The molecule has 0 aromatic heterocycles. The molecule has 4 nitrogen and oxygen atoms in total. The van der Waals surface area contributed by atoms with Crippen molar-refractivity contribution < 1.29 is 13.2 Å². The van der Waals surface area contributed by atoms with Crippen LogP contribution < -0.4 is 4.74 Å². The van der Waals surface area contributed by atoms with Crippen molar-refractivity contribution in [3.05, 3.63) is 60.2 Å². The summed E-state index contributed by atoms with van der Waals surface area (Å²) in [5.74, 6) is 0.661. The van der Waals surface area contributed by atoms with Gasteiger partial charge in [0, 0.05) is 12.6 Å². The molecule has 1 atom stereocenters. The maximum Gasteiger partial charge on any atom is 0.243 e. The molecule has 2 aromatic carbocycles. The third kappa shape index (κ3) is 3.62. The molecule has 128 valence electrons. The second-order valence-corrected chi connectivity index (χ2v) is 8.02. The zero-order valence-electron chi connectivity index (χ0n) is 13.9. The number of methoxy groups -OCH3 is 1. The number of piperidine rings is 1. The van der Waals surface area contributed by atoms with E-state index in [2.05, 4.69) is 12.1 Å². The minimum atomic E-state index is -3.48. The molecule has 1 fully saturated rings. The highest BCUT2D eigenvalue weighted by Gasteiger charge is 2.33. The normalized spacial score (nSPS) is 19.1. The molecule has 2 aromatic rings. The fourth-order valence-electron chi connectivity index (χ4n) is 3.26. The van der Waals surface area contributed by atoms with Gasteiger partial charge >= 0.3 is 0 Å². The van der Waals surface area contributed by atoms with E-state index in [0.29, 0.717) is 17.2 Å². The lowest BCUT2D eigenvalue weighted by Gasteiger charge is -2.35. The summed E-state index contributed by atoms with van der Waals surface area (Å²) in [4.78, 5) is 0.336. The summed E-state index contributed by atoms with van der Waals surface area (Å²) < 4.78 is 33.0. The first-order chi connectivity index (χ1) is 11.6. The number of nitrogens with zero attached hydrogens (tertiary/aromatic N) is 1. The highest BCUT2D eigenvalue weighted by molar-refractivity contribution is 7.89. The molecule has 0 amide bonds. The summed E-state index contributed by atoms with van der Waals surface area (Å²) in [6.45, 7) is 0.589. The van der Waals surface area contributed by atoms with E-state index in [-0.39, 0.29) is 6.04 Å². The summed E-state index contributed by atoms with van der Waals surface area (Å²) in [6, 6.07) is 16.8. The molecule has 5 heteroatoms. The number of rotatable bonds is 5. The van der Waals surface area contributed by atoms with Gasteiger partial charge in [-0.3, -0.25) is 0 Å². The van der Waals surface area contributed by atoms with E-state index < -0.39 is 10.0 Å². The van der Waals surface area contributed by atoms with Crippen molar-refractivity contribution in [1.82, 2.24) is 4.31 Å². The van der Waals surface area contributed by atoms with Crippen molar-refractivity contribution in [2.75, 3.05) is 13.7 Å². The number of hydrogen-bond donors (Lipinski definition) is 0. The Morgan fingerprint density at radius 1 is 1.04 bits per heavy atom. The Kier molecular flexibility index (Phi) is 5.21. The molecule has 24 heavy (non-hydrogen) atoms. The van der Waals surface area contributed by atoms with E-state index in [1.807, 2.05) is 18.2 Å². The van der Waals surface area contributed by atoms with Crippen molar-refractivity contribution in [2.45, 2.75) is 36.6 Å². The van der Waals surface area contributed by atoms with E-state index in [1.165, 1.54) is 5.56 Å². The first-order valence-corrected chi connectivity index (χ1v) is 9.75. The maximum absolute atomic E-state index is 13.1. The molecule has 0 radical (unpaired) electrons. The van der Waals surface area contributed by atoms with Gasteiger partial charge in [-0.25, -0.2) is 8.42 Å². The van der Waals surface area contributed by atoms with Crippen molar-refractivity contribution in [1.29, 1.82) is 0 Å². The van der Waals surface area contributed by atoms with Crippen LogP contribution in [0.3, 0.4) is 0 Å². The van der Waals surface area contributed by atoms with Crippen molar-refractivity contribution >= 4 is 10.0 Å². The molecule has 1 aliphatic rings. The molecular weight excluding hydrogens is 322 g/mol. The van der Waals surface area contributed by atoms with E-state index in [4.69, 9.17) is 4.74 Å². The predicted octanol–water partition coefficient (Wildman–Crippen LogP) is 3.48. The minimum Gasteiger partial charge on any atom is -0.497 e. The van der Waals surface area contributed by atoms with Gasteiger partial charge in [0.1, 0.15) is 5.75 Å². The highest BCUT2D eigenvalue weighted by Crippen LogP contribution is 2.28. The van der Waals surface area contributed by atoms with Crippen LogP contribution >= 0.6 is 0 Å². The average molecular weight is 345 g/mol. The molecule has 0 N–H and O–H groups in total. The van der Waals surface area contributed by atoms with Gasteiger partial charge in [0.2, 0.25) is 10.0 Å². The van der Waals surface area contributed by atoms with E-state index in [9.17, 15) is 8.42 Å². The monoisotopic (exact) mass is 345 g/mol. The first-order valence-electron chi connectivity index (χ1n) is 8.31. The zero-order chi connectivity index (χ0) is 17.0. The van der Waals surface area contributed by atoms with Crippen LogP contribution in [0.25, 0.3) is 0 Å². The van der Waals surface area contributed by atoms with Crippen LogP contribution in [0.2, 0.25) is 0 Å². The number of ether oxygens (including phenoxy) is 1. The fraction of sp³-hybridized carbons (Fsp3) is 0.368. The van der Waals surface area contributed by atoms with Gasteiger partial charge in [0.15, 0.2) is 0 Å². The summed E-state index contributed by atoms with van der Waals surface area (Å²) in [5, 5.41) is 0. The number of hydrogen-bond acceptors (Lipinski definition) is 3. The Bertz CT molecular complexity index is 757. The summed E-state index contributed by atoms with van der Waals surface area (Å²) >= 11 is 0. The van der Waals surface area contributed by atoms with Gasteiger partial charge in [-0.15, -0.1) is 0 Å². The van der Waals surface area contributed by atoms with Crippen LogP contribution in [-0.4, -0.2) is 32.4 Å². The fourth-order valence-corrected chi connectivity index (χ4v) is 4.96. The summed E-state index contributed by atoms with van der Waals surface area (Å²) in [5.41, 5.74) is 1.18. The van der Waals surface area contributed by atoms with Crippen LogP contribution in [0.4, 0.5) is 0 Å². The minimum absolute atomic E-state index is 0.0215. The molecule has 0 bridgehead atoms. The Balaban J connectivity index is 1.85. The maximum atomic E-state index is 13.1. The third-order valence-electron chi connectivity index (χ3n) is 4.55. The smallest absolute Gasteiger partial charge is 0.243 e. The van der Waals surface area contributed by atoms with E-state index in [1.54, 1.807) is 35.7 Å². The quantitative estimate of drug-likeness (QED) is 0.833. The number of sulfonamides is 1. The van der Waals surface area contributed by atoms with Crippen molar-refractivity contribution in [2.24, 2.45) is 0 Å². The predicted molar refractivity (Wildman–Crippen MR) is 94.7 cm³/mol. The Morgan fingerprint density at radius 2 is 1.75 bits per heavy atom. The Labute approximate surface area is 144 Å². The summed E-state index contributed by atoms with van der Waals surface area (Å²) in [6.07, 6.45) is 3.66. The van der Waals surface area contributed by atoms with Gasteiger partial charge in [-0.05, 0) is 49.1 Å². The van der Waals surface area contributed by atoms with Crippen LogP contribution in [0.1, 0.15) is 24.8 Å². The Hall–Kier alpha value is -1.85. The standard InChI is InChI=1S/C19H23NO3S/c1-23-18-10-12-19(13-11-18)24(21,22)20-14-6-5-9-17(20)15-16-7-3-2-4-8-16/h2-4,7-8,10-13,17H,5-6,9,14-15H2,1H3. The Morgan fingerprint density at radius 3 is 2.42 bits per heavy atom. The van der Waals surface area contributed by atoms with Gasteiger partial charge in [0.05, 0.1) is 12.0 Å². The van der Waals surface area contributed by atoms with Crippen LogP contribution in [-0.2, 0) is 16.4 Å². The highest BCUT2D eigenvalue weighted by atomic mass is 32.2. The van der Waals surface area contributed by atoms with Crippen LogP contribution in [0.5, 0.6) is 5.75 Å². The van der Waals surface area contributed by atoms with E-state index in [0.717, 1.165) is 25.7 Å². The molecule has 3 rings (SSSR count). The van der Waals surface area contributed by atoms with Gasteiger partial charge in [-0.1, -0.05) is 36.8 Å². The molecule has 1 heterocycles. The molecule has 0 spiro atoms. The zero-order valence-corrected chi connectivity index (χ0v) is 14.7. The molecular formula is C19H23NO3S. The van der Waals surface area contributed by atoms with Gasteiger partial charge in [-0.2, -0.15) is 4.31 Å². The lowest BCUT2D eigenvalue weighted by Crippen LogP contribution is -2.44. The molecule has 1 aliphatic heterocycles. The molecule has 0 saturated carbocycles.